The summed E-state index contributed by atoms with van der Waals surface area (Å²) in [4.78, 5) is 0. The maximum absolute atomic E-state index is 12.0. The number of rotatable bonds is 3. The van der Waals surface area contributed by atoms with Gasteiger partial charge in [0.05, 0.1) is 0 Å². The molecule has 11 heavy (non-hydrogen) atoms. The first-order chi connectivity index (χ1) is 4.81. The minimum Gasteiger partial charge on any atom is -0.385 e. The molecule has 0 rings (SSSR count). The molecule has 0 heterocycles. The maximum atomic E-state index is 12.0. The van der Waals surface area contributed by atoms with Gasteiger partial charge in [0.25, 0.3) is 0 Å². The molecule has 0 saturated carbocycles. The fourth-order valence-electron chi connectivity index (χ4n) is 0.456. The Bertz CT molecular complexity index is 121. The Morgan fingerprint density at radius 1 is 1.36 bits per heavy atom. The van der Waals surface area contributed by atoms with E-state index in [1.165, 1.54) is 7.11 Å². The third kappa shape index (κ3) is 3.07. The van der Waals surface area contributed by atoms with Gasteiger partial charge in [0.2, 0.25) is 0 Å². The van der Waals surface area contributed by atoms with Crippen LogP contribution >= 0.6 is 0 Å². The van der Waals surface area contributed by atoms with Gasteiger partial charge in [-0.25, -0.2) is 0 Å². The van der Waals surface area contributed by atoms with Gasteiger partial charge in [0.15, 0.2) is 0 Å². The first-order valence-corrected chi connectivity index (χ1v) is 3.16. The lowest BCUT2D eigenvalue weighted by molar-refractivity contribution is -0.184. The zero-order valence-corrected chi connectivity index (χ0v) is 6.53. The van der Waals surface area contributed by atoms with Gasteiger partial charge in [0, 0.05) is 13.7 Å². The number of halogens is 3. The van der Waals surface area contributed by atoms with Crippen molar-refractivity contribution in [1.29, 1.82) is 0 Å². The van der Waals surface area contributed by atoms with Crippen LogP contribution in [-0.2, 0) is 4.74 Å². The van der Waals surface area contributed by atoms with E-state index in [4.69, 9.17) is 5.73 Å². The highest BCUT2D eigenvalue weighted by Gasteiger charge is 2.47. The lowest BCUT2D eigenvalue weighted by Gasteiger charge is -2.26. The van der Waals surface area contributed by atoms with Crippen molar-refractivity contribution < 1.29 is 17.9 Å². The quantitative estimate of drug-likeness (QED) is 0.694. The van der Waals surface area contributed by atoms with Crippen molar-refractivity contribution in [3.63, 3.8) is 0 Å². The topological polar surface area (TPSA) is 35.2 Å². The fraction of sp³-hybridized carbons (Fsp3) is 1.00. The van der Waals surface area contributed by atoms with E-state index in [-0.39, 0.29) is 13.0 Å². The van der Waals surface area contributed by atoms with Gasteiger partial charge in [-0.15, -0.1) is 0 Å². The summed E-state index contributed by atoms with van der Waals surface area (Å²) in [6.45, 7) is 0.971. The van der Waals surface area contributed by atoms with E-state index in [0.717, 1.165) is 6.92 Å². The Balaban J connectivity index is 4.00. The van der Waals surface area contributed by atoms with Crippen molar-refractivity contribution in [3.05, 3.63) is 0 Å². The Morgan fingerprint density at radius 3 is 2.09 bits per heavy atom. The van der Waals surface area contributed by atoms with E-state index in [2.05, 4.69) is 4.74 Å². The van der Waals surface area contributed by atoms with Crippen LogP contribution in [0.2, 0.25) is 0 Å². The molecule has 0 aromatic carbocycles. The van der Waals surface area contributed by atoms with Crippen LogP contribution in [0.3, 0.4) is 0 Å². The largest absolute Gasteiger partial charge is 0.406 e. The molecule has 5 heteroatoms. The predicted octanol–water partition coefficient (Wildman–Crippen LogP) is 1.30. The Morgan fingerprint density at radius 2 is 1.82 bits per heavy atom. The van der Waals surface area contributed by atoms with E-state index in [9.17, 15) is 13.2 Å². The average molecular weight is 171 g/mol. The molecule has 0 aliphatic rings. The molecule has 0 radical (unpaired) electrons. The van der Waals surface area contributed by atoms with Crippen LogP contribution < -0.4 is 5.73 Å². The second-order valence-electron chi connectivity index (χ2n) is 2.66. The van der Waals surface area contributed by atoms with Crippen molar-refractivity contribution >= 4 is 0 Å². The van der Waals surface area contributed by atoms with Crippen molar-refractivity contribution in [2.75, 3.05) is 13.7 Å². The highest BCUT2D eigenvalue weighted by molar-refractivity contribution is 4.86. The average Bonchev–Trinajstić information content (AvgIpc) is 1.81. The van der Waals surface area contributed by atoms with Crippen LogP contribution in [0.4, 0.5) is 13.2 Å². The van der Waals surface area contributed by atoms with Crippen molar-refractivity contribution in [2.24, 2.45) is 5.73 Å². The summed E-state index contributed by atoms with van der Waals surface area (Å²) in [5.41, 5.74) is 2.84. The van der Waals surface area contributed by atoms with Gasteiger partial charge in [-0.3, -0.25) is 0 Å². The summed E-state index contributed by atoms with van der Waals surface area (Å²) in [6, 6.07) is 0. The molecule has 0 aromatic heterocycles. The van der Waals surface area contributed by atoms with Crippen molar-refractivity contribution in [3.8, 4) is 0 Å². The lowest BCUT2D eigenvalue weighted by Crippen LogP contribution is -2.51. The van der Waals surface area contributed by atoms with Crippen LogP contribution in [-0.4, -0.2) is 25.4 Å². The van der Waals surface area contributed by atoms with Crippen LogP contribution in [0.5, 0.6) is 0 Å². The van der Waals surface area contributed by atoms with Crippen molar-refractivity contribution in [2.45, 2.75) is 25.1 Å². The zero-order chi connectivity index (χ0) is 9.12. The monoisotopic (exact) mass is 171 g/mol. The van der Waals surface area contributed by atoms with Gasteiger partial charge in [-0.05, 0) is 13.3 Å². The summed E-state index contributed by atoms with van der Waals surface area (Å²) >= 11 is 0. The van der Waals surface area contributed by atoms with Gasteiger partial charge in [-0.1, -0.05) is 0 Å². The second kappa shape index (κ2) is 3.40. The molecule has 1 unspecified atom stereocenters. The Kier molecular flexibility index (Phi) is 3.31. The minimum atomic E-state index is -4.36. The third-order valence-corrected chi connectivity index (χ3v) is 1.47. The van der Waals surface area contributed by atoms with E-state index in [1.807, 2.05) is 0 Å². The van der Waals surface area contributed by atoms with Gasteiger partial charge in [-0.2, -0.15) is 13.2 Å². The number of ether oxygens (including phenoxy) is 1. The van der Waals surface area contributed by atoms with Crippen LogP contribution in [0.1, 0.15) is 13.3 Å². The molecule has 0 spiro atoms. The molecule has 68 valence electrons. The van der Waals surface area contributed by atoms with Gasteiger partial charge < -0.3 is 10.5 Å². The SMILES string of the molecule is COCCC(C)(N)C(F)(F)F. The summed E-state index contributed by atoms with van der Waals surface area (Å²) in [5, 5.41) is 0. The molecule has 2 N–H and O–H groups in total. The molecule has 2 nitrogen and oxygen atoms in total. The summed E-state index contributed by atoms with van der Waals surface area (Å²) in [7, 11) is 1.34. The molecule has 0 amide bonds. The second-order valence-corrected chi connectivity index (χ2v) is 2.66. The number of alkyl halides is 3. The molecular formula is C6H12F3NO. The Labute approximate surface area is 63.5 Å². The minimum absolute atomic E-state index is 0.0203. The highest BCUT2D eigenvalue weighted by atomic mass is 19.4. The summed E-state index contributed by atoms with van der Waals surface area (Å²) in [5.74, 6) is 0. The molecular weight excluding hydrogens is 159 g/mol. The fourth-order valence-corrected chi connectivity index (χ4v) is 0.456. The first kappa shape index (κ1) is 10.7. The van der Waals surface area contributed by atoms with Crippen LogP contribution in [0, 0.1) is 0 Å². The molecule has 0 aliphatic heterocycles. The van der Waals surface area contributed by atoms with E-state index < -0.39 is 11.7 Å². The van der Waals surface area contributed by atoms with Crippen LogP contribution in [0.25, 0.3) is 0 Å². The number of nitrogens with two attached hydrogens (primary N) is 1. The molecule has 0 aliphatic carbocycles. The van der Waals surface area contributed by atoms with Gasteiger partial charge >= 0.3 is 6.18 Å². The summed E-state index contributed by atoms with van der Waals surface area (Å²) in [6.07, 6.45) is -4.57. The first-order valence-electron chi connectivity index (χ1n) is 3.16. The maximum Gasteiger partial charge on any atom is 0.406 e. The van der Waals surface area contributed by atoms with Crippen molar-refractivity contribution in [1.82, 2.24) is 0 Å². The number of hydrogen-bond donors (Lipinski definition) is 1. The smallest absolute Gasteiger partial charge is 0.385 e. The highest BCUT2D eigenvalue weighted by Crippen LogP contribution is 2.30. The molecule has 0 fully saturated rings. The van der Waals surface area contributed by atoms with E-state index >= 15 is 0 Å². The zero-order valence-electron chi connectivity index (χ0n) is 6.53. The molecule has 0 bridgehead atoms. The van der Waals surface area contributed by atoms with Crippen LogP contribution in [0.15, 0.2) is 0 Å². The molecule has 0 saturated heterocycles. The normalized spacial score (nSPS) is 18.0. The van der Waals surface area contributed by atoms with E-state index in [1.54, 1.807) is 0 Å². The molecule has 0 aromatic rings. The summed E-state index contributed by atoms with van der Waals surface area (Å²) < 4.78 is 40.4. The number of methoxy groups -OCH3 is 1. The predicted molar refractivity (Wildman–Crippen MR) is 35.1 cm³/mol. The molecule has 1 atom stereocenters. The third-order valence-electron chi connectivity index (χ3n) is 1.47. The standard InChI is InChI=1S/C6H12F3NO/c1-5(10,3-4-11-2)6(7,8)9/h3-4,10H2,1-2H3. The van der Waals surface area contributed by atoms with E-state index in [0.29, 0.717) is 0 Å². The lowest BCUT2D eigenvalue weighted by atomic mass is 9.99. The van der Waals surface area contributed by atoms with Gasteiger partial charge in [0.1, 0.15) is 5.54 Å². The number of hydrogen-bond acceptors (Lipinski definition) is 2. The Hall–Kier alpha value is -0.290.